The highest BCUT2D eigenvalue weighted by Crippen LogP contribution is 2.25. The third-order valence-corrected chi connectivity index (χ3v) is 3.06. The van der Waals surface area contributed by atoms with Gasteiger partial charge in [-0.2, -0.15) is 0 Å². The average molecular weight is 218 g/mol. The van der Waals surface area contributed by atoms with Crippen molar-refractivity contribution in [2.24, 2.45) is 5.92 Å². The van der Waals surface area contributed by atoms with Crippen LogP contribution in [0.15, 0.2) is 18.2 Å². The summed E-state index contributed by atoms with van der Waals surface area (Å²) in [7, 11) is 0. The van der Waals surface area contributed by atoms with Crippen LogP contribution in [0.5, 0.6) is 0 Å². The molecule has 0 atom stereocenters. The van der Waals surface area contributed by atoms with E-state index in [1.807, 2.05) is 0 Å². The van der Waals surface area contributed by atoms with Crippen LogP contribution in [0.25, 0.3) is 0 Å². The number of hydrogen-bond acceptors (Lipinski definition) is 2. The van der Waals surface area contributed by atoms with E-state index in [4.69, 9.17) is 0 Å². The van der Waals surface area contributed by atoms with Crippen molar-refractivity contribution >= 4 is 5.69 Å². The first-order valence-electron chi connectivity index (χ1n) is 6.32. The second-order valence-electron chi connectivity index (χ2n) is 5.00. The van der Waals surface area contributed by atoms with Crippen LogP contribution in [0.1, 0.15) is 31.4 Å². The Bertz CT molecular complexity index is 345. The van der Waals surface area contributed by atoms with Gasteiger partial charge in [-0.15, -0.1) is 0 Å². The van der Waals surface area contributed by atoms with Crippen LogP contribution in [0.3, 0.4) is 0 Å². The fourth-order valence-corrected chi connectivity index (χ4v) is 2.24. The molecule has 0 fully saturated rings. The van der Waals surface area contributed by atoms with E-state index < -0.39 is 0 Å². The molecule has 0 aliphatic carbocycles. The molecule has 0 bridgehead atoms. The van der Waals surface area contributed by atoms with Crippen molar-refractivity contribution in [1.82, 2.24) is 5.32 Å². The van der Waals surface area contributed by atoms with Gasteiger partial charge in [-0.3, -0.25) is 0 Å². The molecule has 16 heavy (non-hydrogen) atoms. The zero-order valence-electron chi connectivity index (χ0n) is 10.3. The van der Waals surface area contributed by atoms with Gasteiger partial charge >= 0.3 is 0 Å². The van der Waals surface area contributed by atoms with Crippen molar-refractivity contribution in [2.45, 2.75) is 33.2 Å². The van der Waals surface area contributed by atoms with Crippen LogP contribution in [-0.4, -0.2) is 13.1 Å². The molecule has 1 aliphatic rings. The first-order chi connectivity index (χ1) is 7.77. The lowest BCUT2D eigenvalue weighted by Gasteiger charge is -2.21. The molecule has 0 saturated carbocycles. The maximum absolute atomic E-state index is 3.52. The number of fused-ring (bicyclic) bond motifs is 1. The summed E-state index contributed by atoms with van der Waals surface area (Å²) in [5.41, 5.74) is 4.32. The maximum Gasteiger partial charge on any atom is 0.0375 e. The van der Waals surface area contributed by atoms with Gasteiger partial charge in [0.15, 0.2) is 0 Å². The highest BCUT2D eigenvalue weighted by Gasteiger charge is 2.11. The summed E-state index contributed by atoms with van der Waals surface area (Å²) in [6.45, 7) is 7.71. The summed E-state index contributed by atoms with van der Waals surface area (Å²) in [4.78, 5) is 0. The van der Waals surface area contributed by atoms with Gasteiger partial charge in [-0.1, -0.05) is 26.0 Å². The zero-order chi connectivity index (χ0) is 11.4. The van der Waals surface area contributed by atoms with E-state index in [9.17, 15) is 0 Å². The summed E-state index contributed by atoms with van der Waals surface area (Å²) in [5.74, 6) is 0.720. The fourth-order valence-electron chi connectivity index (χ4n) is 2.24. The molecule has 0 saturated heterocycles. The molecule has 0 spiro atoms. The smallest absolute Gasteiger partial charge is 0.0375 e. The van der Waals surface area contributed by atoms with Crippen molar-refractivity contribution in [3.05, 3.63) is 29.3 Å². The molecule has 0 unspecified atom stereocenters. The molecule has 2 N–H and O–H groups in total. The van der Waals surface area contributed by atoms with Gasteiger partial charge in [0.2, 0.25) is 0 Å². The third kappa shape index (κ3) is 2.76. The van der Waals surface area contributed by atoms with E-state index in [0.717, 1.165) is 25.6 Å². The molecular weight excluding hydrogens is 196 g/mol. The monoisotopic (exact) mass is 218 g/mol. The number of anilines is 1. The molecule has 0 amide bonds. The Labute approximate surface area is 98.4 Å². The van der Waals surface area contributed by atoms with Crippen molar-refractivity contribution < 1.29 is 0 Å². The molecule has 1 aliphatic heterocycles. The highest BCUT2D eigenvalue weighted by molar-refractivity contribution is 5.56. The van der Waals surface area contributed by atoms with E-state index in [2.05, 4.69) is 42.7 Å². The number of hydrogen-bond donors (Lipinski definition) is 2. The largest absolute Gasteiger partial charge is 0.385 e. The van der Waals surface area contributed by atoms with E-state index in [0.29, 0.717) is 0 Å². The molecule has 1 aromatic carbocycles. The van der Waals surface area contributed by atoms with Crippen LogP contribution < -0.4 is 10.6 Å². The predicted molar refractivity (Wildman–Crippen MR) is 69.8 cm³/mol. The van der Waals surface area contributed by atoms with Crippen LogP contribution in [-0.2, 0) is 13.0 Å². The SMILES string of the molecule is CC(C)CNCc1cccc2c1CCCN2. The predicted octanol–water partition coefficient (Wildman–Crippen LogP) is 2.79. The van der Waals surface area contributed by atoms with Gasteiger partial charge in [0.1, 0.15) is 0 Å². The minimum atomic E-state index is 0.720. The van der Waals surface area contributed by atoms with Gasteiger partial charge in [-0.25, -0.2) is 0 Å². The summed E-state index contributed by atoms with van der Waals surface area (Å²) >= 11 is 0. The quantitative estimate of drug-likeness (QED) is 0.812. The van der Waals surface area contributed by atoms with E-state index in [1.54, 1.807) is 0 Å². The first kappa shape index (κ1) is 11.5. The van der Waals surface area contributed by atoms with Gasteiger partial charge in [0.25, 0.3) is 0 Å². The zero-order valence-corrected chi connectivity index (χ0v) is 10.3. The van der Waals surface area contributed by atoms with Crippen molar-refractivity contribution in [1.29, 1.82) is 0 Å². The van der Waals surface area contributed by atoms with Crippen molar-refractivity contribution in [3.63, 3.8) is 0 Å². The van der Waals surface area contributed by atoms with E-state index in [-0.39, 0.29) is 0 Å². The van der Waals surface area contributed by atoms with Gasteiger partial charge in [0.05, 0.1) is 0 Å². The Morgan fingerprint density at radius 3 is 3.06 bits per heavy atom. The fraction of sp³-hybridized carbons (Fsp3) is 0.571. The van der Waals surface area contributed by atoms with Crippen LogP contribution in [0.4, 0.5) is 5.69 Å². The lowest BCUT2D eigenvalue weighted by atomic mass is 9.97. The Morgan fingerprint density at radius 2 is 2.25 bits per heavy atom. The highest BCUT2D eigenvalue weighted by atomic mass is 14.9. The van der Waals surface area contributed by atoms with Crippen molar-refractivity contribution in [3.8, 4) is 0 Å². The molecule has 0 aromatic heterocycles. The molecular formula is C14H22N2. The molecule has 88 valence electrons. The molecule has 2 heteroatoms. The number of benzene rings is 1. The lowest BCUT2D eigenvalue weighted by Crippen LogP contribution is -2.21. The molecule has 2 rings (SSSR count). The van der Waals surface area contributed by atoms with E-state index in [1.165, 1.54) is 29.7 Å². The molecule has 1 aromatic rings. The normalized spacial score (nSPS) is 14.7. The standard InChI is InChI=1S/C14H22N2/c1-11(2)9-15-10-12-5-3-7-14-13(12)6-4-8-16-14/h3,5,7,11,15-16H,4,6,8-10H2,1-2H3. The van der Waals surface area contributed by atoms with E-state index >= 15 is 0 Å². The third-order valence-electron chi connectivity index (χ3n) is 3.06. The average Bonchev–Trinajstić information content (AvgIpc) is 2.29. The summed E-state index contributed by atoms with van der Waals surface area (Å²) in [5, 5.41) is 7.00. The van der Waals surface area contributed by atoms with Crippen LogP contribution in [0, 0.1) is 5.92 Å². The summed E-state index contributed by atoms with van der Waals surface area (Å²) in [6, 6.07) is 6.60. The van der Waals surface area contributed by atoms with Crippen molar-refractivity contribution in [2.75, 3.05) is 18.4 Å². The summed E-state index contributed by atoms with van der Waals surface area (Å²) in [6.07, 6.45) is 2.48. The minimum absolute atomic E-state index is 0.720. The second-order valence-corrected chi connectivity index (χ2v) is 5.00. The summed E-state index contributed by atoms with van der Waals surface area (Å²) < 4.78 is 0. The lowest BCUT2D eigenvalue weighted by molar-refractivity contribution is 0.550. The Kier molecular flexibility index (Phi) is 3.83. The Morgan fingerprint density at radius 1 is 1.38 bits per heavy atom. The molecule has 2 nitrogen and oxygen atoms in total. The second kappa shape index (κ2) is 5.35. The van der Waals surface area contributed by atoms with Gasteiger partial charge in [0, 0.05) is 18.8 Å². The Hall–Kier alpha value is -1.02. The first-order valence-corrected chi connectivity index (χ1v) is 6.32. The topological polar surface area (TPSA) is 24.1 Å². The Balaban J connectivity index is 2.03. The van der Waals surface area contributed by atoms with Gasteiger partial charge in [-0.05, 0) is 42.5 Å². The molecule has 1 heterocycles. The van der Waals surface area contributed by atoms with Gasteiger partial charge < -0.3 is 10.6 Å². The van der Waals surface area contributed by atoms with Crippen LogP contribution in [0.2, 0.25) is 0 Å². The molecule has 0 radical (unpaired) electrons. The maximum atomic E-state index is 3.52. The number of nitrogens with one attached hydrogen (secondary N) is 2. The minimum Gasteiger partial charge on any atom is -0.385 e. The van der Waals surface area contributed by atoms with Crippen LogP contribution >= 0.6 is 0 Å². The number of rotatable bonds is 4.